The second-order valence-electron chi connectivity index (χ2n) is 7.20. The zero-order chi connectivity index (χ0) is 19.1. The fraction of sp³-hybridized carbons (Fsp3) is 0.238. The third kappa shape index (κ3) is 2.99. The molecular weight excluding hydrogens is 350 g/mol. The van der Waals surface area contributed by atoms with Gasteiger partial charge in [-0.25, -0.2) is 19.9 Å². The van der Waals surface area contributed by atoms with Crippen LogP contribution in [0.2, 0.25) is 0 Å². The van der Waals surface area contributed by atoms with Crippen LogP contribution >= 0.6 is 0 Å². The van der Waals surface area contributed by atoms with Crippen molar-refractivity contribution in [3.63, 3.8) is 0 Å². The van der Waals surface area contributed by atoms with Crippen molar-refractivity contribution < 1.29 is 0 Å². The molecule has 0 bridgehead atoms. The maximum Gasteiger partial charge on any atom is 0.180 e. The van der Waals surface area contributed by atoms with Crippen molar-refractivity contribution >= 4 is 22.5 Å². The van der Waals surface area contributed by atoms with Crippen molar-refractivity contribution in [1.82, 2.24) is 29.8 Å². The smallest absolute Gasteiger partial charge is 0.180 e. The highest BCUT2D eigenvalue weighted by molar-refractivity contribution is 5.91. The monoisotopic (exact) mass is 371 g/mol. The maximum atomic E-state index is 4.88. The SMILES string of the molecule is Cc1cccc(-c2nc3c(c(Nc4ccnc5[nH]ccc45)n2)CCN(C)C3)n1. The number of anilines is 2. The number of likely N-dealkylation sites (N-methyl/N-ethyl adjacent to an activating group) is 1. The van der Waals surface area contributed by atoms with Gasteiger partial charge < -0.3 is 15.2 Å². The lowest BCUT2D eigenvalue weighted by molar-refractivity contribution is 0.307. The van der Waals surface area contributed by atoms with Gasteiger partial charge in [-0.1, -0.05) is 6.07 Å². The molecule has 1 aliphatic rings. The summed E-state index contributed by atoms with van der Waals surface area (Å²) in [6, 6.07) is 9.93. The van der Waals surface area contributed by atoms with E-state index in [-0.39, 0.29) is 0 Å². The quantitative estimate of drug-likeness (QED) is 0.574. The summed E-state index contributed by atoms with van der Waals surface area (Å²) < 4.78 is 0. The van der Waals surface area contributed by atoms with E-state index in [1.807, 2.05) is 43.5 Å². The number of hydrogen-bond acceptors (Lipinski definition) is 6. The van der Waals surface area contributed by atoms with E-state index >= 15 is 0 Å². The number of aromatic amines is 1. The van der Waals surface area contributed by atoms with Crippen LogP contribution in [0.4, 0.5) is 11.5 Å². The summed E-state index contributed by atoms with van der Waals surface area (Å²) in [4.78, 5) is 24.2. The largest absolute Gasteiger partial charge is 0.346 e. The van der Waals surface area contributed by atoms with Gasteiger partial charge in [0.05, 0.1) is 11.4 Å². The van der Waals surface area contributed by atoms with Crippen LogP contribution in [-0.4, -0.2) is 43.4 Å². The molecule has 0 radical (unpaired) electrons. The third-order valence-electron chi connectivity index (χ3n) is 5.09. The normalized spacial score (nSPS) is 14.2. The van der Waals surface area contributed by atoms with Gasteiger partial charge in [0.25, 0.3) is 0 Å². The third-order valence-corrected chi connectivity index (χ3v) is 5.09. The van der Waals surface area contributed by atoms with Crippen molar-refractivity contribution in [2.45, 2.75) is 19.9 Å². The van der Waals surface area contributed by atoms with Crippen molar-refractivity contribution in [2.24, 2.45) is 0 Å². The Balaban J connectivity index is 1.64. The summed E-state index contributed by atoms with van der Waals surface area (Å²) >= 11 is 0. The van der Waals surface area contributed by atoms with Crippen LogP contribution in [0.15, 0.2) is 42.7 Å². The Kier molecular flexibility index (Phi) is 4.02. The molecule has 28 heavy (non-hydrogen) atoms. The number of H-pyrrole nitrogens is 1. The van der Waals surface area contributed by atoms with Crippen molar-refractivity contribution in [1.29, 1.82) is 0 Å². The molecule has 7 nitrogen and oxygen atoms in total. The first-order valence-corrected chi connectivity index (χ1v) is 9.39. The molecule has 1 aliphatic heterocycles. The van der Waals surface area contributed by atoms with E-state index in [2.05, 4.69) is 32.2 Å². The number of nitrogens with one attached hydrogen (secondary N) is 2. The van der Waals surface area contributed by atoms with E-state index in [9.17, 15) is 0 Å². The van der Waals surface area contributed by atoms with Crippen LogP contribution in [0.3, 0.4) is 0 Å². The standard InChI is InChI=1S/C21H21N7/c1-13-4-3-5-17(24-13)21-26-18-12-28(2)11-8-15(18)20(27-21)25-16-7-10-23-19-14(16)6-9-22-19/h3-7,9-10H,8,11-12H2,1-2H3,(H2,22,23,25,26,27). The van der Waals surface area contributed by atoms with Gasteiger partial charge in [0.15, 0.2) is 5.82 Å². The Morgan fingerprint density at radius 1 is 1.11 bits per heavy atom. The van der Waals surface area contributed by atoms with Gasteiger partial charge in [-0.3, -0.25) is 0 Å². The average Bonchev–Trinajstić information content (AvgIpc) is 3.17. The molecule has 0 unspecified atom stereocenters. The fourth-order valence-corrected chi connectivity index (χ4v) is 3.64. The molecule has 4 aromatic rings. The molecule has 4 aromatic heterocycles. The summed E-state index contributed by atoms with van der Waals surface area (Å²) in [6.45, 7) is 3.78. The minimum absolute atomic E-state index is 0.652. The summed E-state index contributed by atoms with van der Waals surface area (Å²) in [5.74, 6) is 1.50. The number of fused-ring (bicyclic) bond motifs is 2. The van der Waals surface area contributed by atoms with Crippen LogP contribution in [0, 0.1) is 6.92 Å². The van der Waals surface area contributed by atoms with E-state index < -0.39 is 0 Å². The van der Waals surface area contributed by atoms with E-state index in [4.69, 9.17) is 9.97 Å². The molecule has 7 heteroatoms. The van der Waals surface area contributed by atoms with E-state index in [0.717, 1.165) is 59.1 Å². The molecule has 0 amide bonds. The van der Waals surface area contributed by atoms with Crippen LogP contribution < -0.4 is 5.32 Å². The number of aryl methyl sites for hydroxylation is 1. The summed E-state index contributed by atoms with van der Waals surface area (Å²) in [6.07, 6.45) is 4.61. The van der Waals surface area contributed by atoms with Crippen molar-refractivity contribution in [3.05, 3.63) is 59.7 Å². The lowest BCUT2D eigenvalue weighted by atomic mass is 10.1. The predicted octanol–water partition coefficient (Wildman–Crippen LogP) is 3.45. The van der Waals surface area contributed by atoms with Crippen molar-refractivity contribution in [3.8, 4) is 11.5 Å². The van der Waals surface area contributed by atoms with Gasteiger partial charge in [0, 0.05) is 42.1 Å². The molecule has 0 spiro atoms. The minimum atomic E-state index is 0.652. The molecule has 0 aliphatic carbocycles. The molecule has 140 valence electrons. The topological polar surface area (TPSA) is 82.6 Å². The minimum Gasteiger partial charge on any atom is -0.346 e. The summed E-state index contributed by atoms with van der Waals surface area (Å²) in [7, 11) is 2.12. The number of aromatic nitrogens is 5. The number of pyridine rings is 2. The highest BCUT2D eigenvalue weighted by atomic mass is 15.1. The van der Waals surface area contributed by atoms with E-state index in [0.29, 0.717) is 5.82 Å². The number of hydrogen-bond donors (Lipinski definition) is 2. The van der Waals surface area contributed by atoms with Crippen LogP contribution in [-0.2, 0) is 13.0 Å². The molecule has 0 atom stereocenters. The molecule has 5 rings (SSSR count). The molecule has 0 saturated heterocycles. The highest BCUT2D eigenvalue weighted by Gasteiger charge is 2.22. The maximum absolute atomic E-state index is 4.88. The van der Waals surface area contributed by atoms with Crippen LogP contribution in [0.5, 0.6) is 0 Å². The Bertz CT molecular complexity index is 1160. The highest BCUT2D eigenvalue weighted by Crippen LogP contribution is 2.30. The van der Waals surface area contributed by atoms with Gasteiger partial charge in [0.1, 0.15) is 17.2 Å². The van der Waals surface area contributed by atoms with E-state index in [1.165, 1.54) is 5.56 Å². The van der Waals surface area contributed by atoms with E-state index in [1.54, 1.807) is 6.20 Å². The molecule has 0 aromatic carbocycles. The van der Waals surface area contributed by atoms with Crippen LogP contribution in [0.25, 0.3) is 22.6 Å². The molecule has 0 fully saturated rings. The lowest BCUT2D eigenvalue weighted by Gasteiger charge is -2.26. The van der Waals surface area contributed by atoms with Crippen LogP contribution in [0.1, 0.15) is 17.0 Å². The zero-order valence-electron chi connectivity index (χ0n) is 15.9. The van der Waals surface area contributed by atoms with Crippen molar-refractivity contribution in [2.75, 3.05) is 18.9 Å². The zero-order valence-corrected chi connectivity index (χ0v) is 15.9. The summed E-state index contributed by atoms with van der Waals surface area (Å²) in [5, 5.41) is 4.58. The van der Waals surface area contributed by atoms with Gasteiger partial charge in [-0.05, 0) is 44.7 Å². The summed E-state index contributed by atoms with van der Waals surface area (Å²) in [5.41, 5.74) is 5.82. The first-order valence-electron chi connectivity index (χ1n) is 9.39. The second-order valence-corrected chi connectivity index (χ2v) is 7.20. The number of rotatable bonds is 3. The first kappa shape index (κ1) is 16.8. The Morgan fingerprint density at radius 3 is 2.93 bits per heavy atom. The fourth-order valence-electron chi connectivity index (χ4n) is 3.64. The molecule has 2 N–H and O–H groups in total. The predicted molar refractivity (Wildman–Crippen MR) is 109 cm³/mol. The van der Waals surface area contributed by atoms with Gasteiger partial charge in [-0.2, -0.15) is 0 Å². The Morgan fingerprint density at radius 2 is 2.04 bits per heavy atom. The Hall–Kier alpha value is -3.32. The van der Waals surface area contributed by atoms with Gasteiger partial charge >= 0.3 is 0 Å². The molecular formula is C21H21N7. The lowest BCUT2D eigenvalue weighted by Crippen LogP contribution is -2.28. The Labute approximate surface area is 162 Å². The number of nitrogens with zero attached hydrogens (tertiary/aromatic N) is 5. The molecule has 5 heterocycles. The second kappa shape index (κ2) is 6.69. The average molecular weight is 371 g/mol. The van der Waals surface area contributed by atoms with Gasteiger partial charge in [-0.15, -0.1) is 0 Å². The molecule has 0 saturated carbocycles. The first-order chi connectivity index (χ1) is 13.7. The van der Waals surface area contributed by atoms with Gasteiger partial charge in [0.2, 0.25) is 0 Å².